The Balaban J connectivity index is 2.73. The van der Waals surface area contributed by atoms with E-state index in [-0.39, 0.29) is 6.61 Å². The summed E-state index contributed by atoms with van der Waals surface area (Å²) in [6, 6.07) is 3.65. The Bertz CT molecular complexity index is 371. The van der Waals surface area contributed by atoms with Crippen LogP contribution in [-0.4, -0.2) is 32.0 Å². The summed E-state index contributed by atoms with van der Waals surface area (Å²) in [4.78, 5) is 0. The quantitative estimate of drug-likeness (QED) is 0.713. The lowest BCUT2D eigenvalue weighted by atomic mass is 10.2. The van der Waals surface area contributed by atoms with E-state index in [4.69, 9.17) is 26.2 Å². The van der Waals surface area contributed by atoms with Crippen molar-refractivity contribution in [2.75, 3.05) is 26.9 Å². The number of ether oxygens (including phenoxy) is 2. The van der Waals surface area contributed by atoms with Crippen molar-refractivity contribution in [3.05, 3.63) is 22.7 Å². The van der Waals surface area contributed by atoms with E-state index in [9.17, 15) is 0 Å². The molecule has 18 heavy (non-hydrogen) atoms. The summed E-state index contributed by atoms with van der Waals surface area (Å²) in [6.45, 7) is 4.07. The Morgan fingerprint density at radius 1 is 1.33 bits per heavy atom. The predicted molar refractivity (Wildman–Crippen MR) is 72.6 cm³/mol. The molecule has 0 fully saturated rings. The van der Waals surface area contributed by atoms with Gasteiger partial charge in [-0.3, -0.25) is 0 Å². The van der Waals surface area contributed by atoms with Crippen LogP contribution < -0.4 is 14.8 Å². The fourth-order valence-corrected chi connectivity index (χ4v) is 1.79. The molecular formula is C13H20ClNO3. The molecule has 5 heteroatoms. The molecule has 0 radical (unpaired) electrons. The number of aliphatic hydroxyl groups is 1. The second-order valence-electron chi connectivity index (χ2n) is 3.78. The van der Waals surface area contributed by atoms with E-state index >= 15 is 0 Å². The first-order valence-electron chi connectivity index (χ1n) is 6.03. The lowest BCUT2D eigenvalue weighted by Crippen LogP contribution is -2.16. The normalized spacial score (nSPS) is 10.4. The van der Waals surface area contributed by atoms with Crippen LogP contribution in [0.3, 0.4) is 0 Å². The molecule has 0 atom stereocenters. The first-order valence-corrected chi connectivity index (χ1v) is 6.41. The zero-order valence-electron chi connectivity index (χ0n) is 10.8. The third-order valence-electron chi connectivity index (χ3n) is 2.46. The first-order chi connectivity index (χ1) is 8.72. The van der Waals surface area contributed by atoms with Gasteiger partial charge in [-0.15, -0.1) is 0 Å². The third kappa shape index (κ3) is 4.37. The molecule has 4 nitrogen and oxygen atoms in total. The van der Waals surface area contributed by atoms with Crippen molar-refractivity contribution in [3.8, 4) is 11.5 Å². The van der Waals surface area contributed by atoms with Gasteiger partial charge in [-0.05, 0) is 31.5 Å². The van der Waals surface area contributed by atoms with E-state index in [1.807, 2.05) is 13.0 Å². The van der Waals surface area contributed by atoms with Crippen LogP contribution in [0, 0.1) is 0 Å². The topological polar surface area (TPSA) is 50.7 Å². The van der Waals surface area contributed by atoms with Gasteiger partial charge < -0.3 is 19.9 Å². The van der Waals surface area contributed by atoms with Crippen molar-refractivity contribution in [3.63, 3.8) is 0 Å². The lowest BCUT2D eigenvalue weighted by Gasteiger charge is -2.13. The van der Waals surface area contributed by atoms with Crippen LogP contribution in [-0.2, 0) is 6.54 Å². The average molecular weight is 274 g/mol. The van der Waals surface area contributed by atoms with Crippen molar-refractivity contribution in [1.29, 1.82) is 0 Å². The second-order valence-corrected chi connectivity index (χ2v) is 4.19. The maximum Gasteiger partial charge on any atom is 0.162 e. The van der Waals surface area contributed by atoms with Crippen LogP contribution in [0.4, 0.5) is 0 Å². The van der Waals surface area contributed by atoms with E-state index in [2.05, 4.69) is 5.32 Å². The minimum absolute atomic E-state index is 0.188. The molecule has 1 aromatic rings. The molecule has 0 saturated carbocycles. The Morgan fingerprint density at radius 3 is 2.72 bits per heavy atom. The number of hydrogen-bond donors (Lipinski definition) is 2. The van der Waals surface area contributed by atoms with Crippen LogP contribution in [0.5, 0.6) is 11.5 Å². The van der Waals surface area contributed by atoms with Gasteiger partial charge in [0.05, 0.1) is 13.7 Å². The van der Waals surface area contributed by atoms with Crippen LogP contribution in [0.1, 0.15) is 18.9 Å². The molecule has 0 aromatic heterocycles. The third-order valence-corrected chi connectivity index (χ3v) is 2.81. The lowest BCUT2D eigenvalue weighted by molar-refractivity contribution is 0.286. The summed E-state index contributed by atoms with van der Waals surface area (Å²) in [5, 5.41) is 12.5. The molecule has 2 N–H and O–H groups in total. The smallest absolute Gasteiger partial charge is 0.162 e. The molecule has 0 aliphatic carbocycles. The van der Waals surface area contributed by atoms with Gasteiger partial charge in [-0.1, -0.05) is 11.6 Å². The zero-order chi connectivity index (χ0) is 13.4. The van der Waals surface area contributed by atoms with Gasteiger partial charge in [0.1, 0.15) is 0 Å². The highest BCUT2D eigenvalue weighted by atomic mass is 35.5. The maximum atomic E-state index is 8.69. The summed E-state index contributed by atoms with van der Waals surface area (Å²) < 4.78 is 10.7. The number of hydrogen-bond acceptors (Lipinski definition) is 4. The second kappa shape index (κ2) is 8.19. The number of halogens is 1. The molecule has 0 heterocycles. The largest absolute Gasteiger partial charge is 0.493 e. The van der Waals surface area contributed by atoms with Crippen LogP contribution in [0.2, 0.25) is 5.02 Å². The van der Waals surface area contributed by atoms with Gasteiger partial charge in [-0.25, -0.2) is 0 Å². The monoisotopic (exact) mass is 273 g/mol. The fraction of sp³-hybridized carbons (Fsp3) is 0.538. The van der Waals surface area contributed by atoms with Crippen molar-refractivity contribution >= 4 is 11.6 Å². The summed E-state index contributed by atoms with van der Waals surface area (Å²) in [7, 11) is 1.61. The minimum atomic E-state index is 0.188. The van der Waals surface area contributed by atoms with Gasteiger partial charge in [0.2, 0.25) is 0 Å². The Hall–Kier alpha value is -0.970. The molecule has 0 amide bonds. The summed E-state index contributed by atoms with van der Waals surface area (Å²) in [5.41, 5.74) is 0.954. The molecule has 0 bridgehead atoms. The standard InChI is InChI=1S/C13H20ClNO3/c1-3-18-13-8-11(14)10(7-12(13)17-2)9-15-5-4-6-16/h7-8,15-16H,3-6,9H2,1-2H3. The number of rotatable bonds is 8. The SMILES string of the molecule is CCOc1cc(Cl)c(CNCCCO)cc1OC. The number of aliphatic hydroxyl groups excluding tert-OH is 1. The zero-order valence-corrected chi connectivity index (χ0v) is 11.6. The van der Waals surface area contributed by atoms with E-state index in [1.165, 1.54) is 0 Å². The van der Waals surface area contributed by atoms with Crippen LogP contribution in [0.15, 0.2) is 12.1 Å². The highest BCUT2D eigenvalue weighted by Gasteiger charge is 2.09. The van der Waals surface area contributed by atoms with Crippen molar-refractivity contribution in [1.82, 2.24) is 5.32 Å². The Kier molecular flexibility index (Phi) is 6.86. The summed E-state index contributed by atoms with van der Waals surface area (Å²) in [6.07, 6.45) is 0.728. The molecule has 0 unspecified atom stereocenters. The molecule has 0 aliphatic rings. The molecule has 1 rings (SSSR count). The summed E-state index contributed by atoms with van der Waals surface area (Å²) >= 11 is 6.18. The highest BCUT2D eigenvalue weighted by Crippen LogP contribution is 2.33. The van der Waals surface area contributed by atoms with E-state index in [1.54, 1.807) is 13.2 Å². The molecular weight excluding hydrogens is 254 g/mol. The van der Waals surface area contributed by atoms with Gasteiger partial charge in [0.25, 0.3) is 0 Å². The number of benzene rings is 1. The van der Waals surface area contributed by atoms with Crippen LogP contribution >= 0.6 is 11.6 Å². The van der Waals surface area contributed by atoms with Crippen molar-refractivity contribution in [2.45, 2.75) is 19.9 Å². The average Bonchev–Trinajstić information content (AvgIpc) is 2.37. The van der Waals surface area contributed by atoms with Gasteiger partial charge >= 0.3 is 0 Å². The van der Waals surface area contributed by atoms with Crippen molar-refractivity contribution in [2.24, 2.45) is 0 Å². The fourth-order valence-electron chi connectivity index (χ4n) is 1.57. The molecule has 1 aromatic carbocycles. The summed E-state index contributed by atoms with van der Waals surface area (Å²) in [5.74, 6) is 1.34. The van der Waals surface area contributed by atoms with E-state index in [0.29, 0.717) is 29.7 Å². The number of methoxy groups -OCH3 is 1. The van der Waals surface area contributed by atoms with E-state index in [0.717, 1.165) is 18.5 Å². The van der Waals surface area contributed by atoms with Crippen molar-refractivity contribution < 1.29 is 14.6 Å². The van der Waals surface area contributed by atoms with E-state index < -0.39 is 0 Å². The van der Waals surface area contributed by atoms with Gasteiger partial charge in [-0.2, -0.15) is 0 Å². The molecule has 102 valence electrons. The van der Waals surface area contributed by atoms with Gasteiger partial charge in [0.15, 0.2) is 11.5 Å². The molecule has 0 saturated heterocycles. The molecule has 0 spiro atoms. The highest BCUT2D eigenvalue weighted by molar-refractivity contribution is 6.31. The first kappa shape index (κ1) is 15.1. The Morgan fingerprint density at radius 2 is 2.11 bits per heavy atom. The number of nitrogens with one attached hydrogen (secondary N) is 1. The Labute approximate surface area is 113 Å². The van der Waals surface area contributed by atoms with Crippen LogP contribution in [0.25, 0.3) is 0 Å². The maximum absolute atomic E-state index is 8.69. The molecule has 0 aliphatic heterocycles. The predicted octanol–water partition coefficient (Wildman–Crippen LogP) is 2.22. The minimum Gasteiger partial charge on any atom is -0.493 e. The van der Waals surface area contributed by atoms with Gasteiger partial charge in [0, 0.05) is 24.2 Å².